The summed E-state index contributed by atoms with van der Waals surface area (Å²) in [6, 6.07) is 15.1. The molecule has 1 saturated carbocycles. The van der Waals surface area contributed by atoms with Crippen molar-refractivity contribution in [3.8, 4) is 11.4 Å². The summed E-state index contributed by atoms with van der Waals surface area (Å²) < 4.78 is 17.6. The third kappa shape index (κ3) is 4.22. The monoisotopic (exact) mass is 493 g/mol. The molecule has 1 aliphatic carbocycles. The molecule has 0 bridgehead atoms. The van der Waals surface area contributed by atoms with E-state index < -0.39 is 0 Å². The SMILES string of the molecule is O=C(CSc1nnc(-c2ccccc2F)n1C1CC1)N1CCC[C@H](c2nc3ccccc3s2)C1. The molecule has 6 nitrogen and oxygen atoms in total. The van der Waals surface area contributed by atoms with Crippen LogP contribution in [0, 0.1) is 5.82 Å². The summed E-state index contributed by atoms with van der Waals surface area (Å²) in [5.74, 6) is 0.925. The van der Waals surface area contributed by atoms with Crippen LogP contribution in [-0.2, 0) is 4.79 Å². The summed E-state index contributed by atoms with van der Waals surface area (Å²) in [4.78, 5) is 19.9. The number of thioether (sulfide) groups is 1. The highest BCUT2D eigenvalue weighted by atomic mass is 32.2. The normalized spacial score (nSPS) is 18.5. The maximum absolute atomic E-state index is 14.4. The van der Waals surface area contributed by atoms with Crippen molar-refractivity contribution in [3.63, 3.8) is 0 Å². The average molecular weight is 494 g/mol. The number of aromatic nitrogens is 4. The zero-order chi connectivity index (χ0) is 23.1. The molecule has 1 saturated heterocycles. The van der Waals surface area contributed by atoms with Crippen LogP contribution in [0.25, 0.3) is 21.6 Å². The van der Waals surface area contributed by atoms with Crippen molar-refractivity contribution in [3.05, 3.63) is 59.4 Å². The van der Waals surface area contributed by atoms with Crippen LogP contribution in [0.2, 0.25) is 0 Å². The average Bonchev–Trinajstić information content (AvgIpc) is 3.46. The number of carbonyl (C=O) groups is 1. The van der Waals surface area contributed by atoms with Crippen LogP contribution >= 0.6 is 23.1 Å². The van der Waals surface area contributed by atoms with E-state index in [1.165, 1.54) is 22.5 Å². The first-order valence-electron chi connectivity index (χ1n) is 11.6. The quantitative estimate of drug-likeness (QED) is 0.331. The zero-order valence-corrected chi connectivity index (χ0v) is 20.2. The number of amides is 1. The number of benzene rings is 2. The van der Waals surface area contributed by atoms with Crippen molar-refractivity contribution in [1.29, 1.82) is 0 Å². The minimum atomic E-state index is -0.307. The van der Waals surface area contributed by atoms with Gasteiger partial charge in [0.1, 0.15) is 5.82 Å². The van der Waals surface area contributed by atoms with Gasteiger partial charge in [-0.25, -0.2) is 9.37 Å². The lowest BCUT2D eigenvalue weighted by atomic mass is 9.99. The molecular weight excluding hydrogens is 469 g/mol. The van der Waals surface area contributed by atoms with Crippen molar-refractivity contribution in [2.45, 2.75) is 42.8 Å². The fourth-order valence-corrected chi connectivity index (χ4v) is 6.55. The lowest BCUT2D eigenvalue weighted by Gasteiger charge is -2.31. The van der Waals surface area contributed by atoms with Crippen LogP contribution < -0.4 is 0 Å². The number of piperidine rings is 1. The molecule has 6 rings (SSSR count). The molecule has 1 atom stereocenters. The molecule has 2 fully saturated rings. The Hall–Kier alpha value is -2.78. The van der Waals surface area contributed by atoms with Crippen molar-refractivity contribution < 1.29 is 9.18 Å². The minimum Gasteiger partial charge on any atom is -0.341 e. The number of para-hydroxylation sites is 1. The van der Waals surface area contributed by atoms with E-state index >= 15 is 0 Å². The fraction of sp³-hybridized carbons (Fsp3) is 0.360. The summed E-state index contributed by atoms with van der Waals surface area (Å²) in [5, 5.41) is 10.4. The number of rotatable bonds is 6. The maximum Gasteiger partial charge on any atom is 0.233 e. The summed E-state index contributed by atoms with van der Waals surface area (Å²) >= 11 is 3.14. The molecule has 3 heterocycles. The highest BCUT2D eigenvalue weighted by Crippen LogP contribution is 2.41. The third-order valence-corrected chi connectivity index (χ3v) is 8.58. The Morgan fingerprint density at radius 2 is 1.91 bits per heavy atom. The first kappa shape index (κ1) is 21.7. The number of likely N-dealkylation sites (tertiary alicyclic amines) is 1. The second-order valence-corrected chi connectivity index (χ2v) is 10.9. The van der Waals surface area contributed by atoms with Crippen molar-refractivity contribution in [2.75, 3.05) is 18.8 Å². The molecule has 0 spiro atoms. The van der Waals surface area contributed by atoms with Gasteiger partial charge in [0.25, 0.3) is 0 Å². The molecule has 2 aromatic heterocycles. The molecule has 1 amide bonds. The summed E-state index contributed by atoms with van der Waals surface area (Å²) in [5.41, 5.74) is 1.49. The Kier molecular flexibility index (Phi) is 5.82. The van der Waals surface area contributed by atoms with E-state index in [2.05, 4.69) is 16.3 Å². The van der Waals surface area contributed by atoms with Gasteiger partial charge in [-0.3, -0.25) is 9.36 Å². The fourth-order valence-electron chi connectivity index (χ4n) is 4.55. The maximum atomic E-state index is 14.4. The van der Waals surface area contributed by atoms with E-state index in [4.69, 9.17) is 4.98 Å². The largest absolute Gasteiger partial charge is 0.341 e. The van der Waals surface area contributed by atoms with Gasteiger partial charge in [-0.1, -0.05) is 36.0 Å². The number of hydrogen-bond donors (Lipinski definition) is 0. The Balaban J connectivity index is 1.15. The molecule has 0 radical (unpaired) electrons. The summed E-state index contributed by atoms with van der Waals surface area (Å²) in [7, 11) is 0. The van der Waals surface area contributed by atoms with E-state index in [0.29, 0.717) is 28.8 Å². The van der Waals surface area contributed by atoms with E-state index in [1.807, 2.05) is 27.7 Å². The number of thiazole rings is 1. The molecular formula is C25H24FN5OS2. The summed E-state index contributed by atoms with van der Waals surface area (Å²) in [6.07, 6.45) is 4.08. The van der Waals surface area contributed by atoms with Gasteiger partial charge in [0, 0.05) is 25.0 Å². The van der Waals surface area contributed by atoms with Gasteiger partial charge in [-0.05, 0) is 49.9 Å². The number of fused-ring (bicyclic) bond motifs is 1. The Bertz CT molecular complexity index is 1320. The zero-order valence-electron chi connectivity index (χ0n) is 18.6. The van der Waals surface area contributed by atoms with Crippen LogP contribution in [-0.4, -0.2) is 49.4 Å². The third-order valence-electron chi connectivity index (χ3n) is 6.45. The van der Waals surface area contributed by atoms with Gasteiger partial charge < -0.3 is 4.90 Å². The Morgan fingerprint density at radius 1 is 1.09 bits per heavy atom. The predicted molar refractivity (Wildman–Crippen MR) is 133 cm³/mol. The molecule has 34 heavy (non-hydrogen) atoms. The highest BCUT2D eigenvalue weighted by molar-refractivity contribution is 7.99. The molecule has 174 valence electrons. The Morgan fingerprint density at radius 3 is 2.74 bits per heavy atom. The van der Waals surface area contributed by atoms with Crippen LogP contribution in [0.3, 0.4) is 0 Å². The second-order valence-electron chi connectivity index (χ2n) is 8.87. The molecule has 2 aromatic carbocycles. The topological polar surface area (TPSA) is 63.9 Å². The highest BCUT2D eigenvalue weighted by Gasteiger charge is 2.32. The van der Waals surface area contributed by atoms with Gasteiger partial charge in [-0.2, -0.15) is 0 Å². The van der Waals surface area contributed by atoms with Gasteiger partial charge >= 0.3 is 0 Å². The van der Waals surface area contributed by atoms with Crippen LogP contribution in [0.4, 0.5) is 4.39 Å². The van der Waals surface area contributed by atoms with Gasteiger partial charge in [-0.15, -0.1) is 21.5 Å². The van der Waals surface area contributed by atoms with Gasteiger partial charge in [0.2, 0.25) is 5.91 Å². The smallest absolute Gasteiger partial charge is 0.233 e. The molecule has 1 aliphatic heterocycles. The van der Waals surface area contributed by atoms with Crippen molar-refractivity contribution in [1.82, 2.24) is 24.6 Å². The first-order chi connectivity index (χ1) is 16.7. The number of carbonyl (C=O) groups excluding carboxylic acids is 1. The summed E-state index contributed by atoms with van der Waals surface area (Å²) in [6.45, 7) is 1.48. The molecule has 4 aromatic rings. The molecule has 9 heteroatoms. The van der Waals surface area contributed by atoms with E-state index in [9.17, 15) is 9.18 Å². The number of nitrogens with zero attached hydrogens (tertiary/aromatic N) is 5. The van der Waals surface area contributed by atoms with E-state index in [-0.39, 0.29) is 23.7 Å². The lowest BCUT2D eigenvalue weighted by Crippen LogP contribution is -2.40. The first-order valence-corrected chi connectivity index (χ1v) is 13.4. The van der Waals surface area contributed by atoms with Crippen LogP contribution in [0.5, 0.6) is 0 Å². The van der Waals surface area contributed by atoms with Gasteiger partial charge in [0.05, 0.1) is 26.5 Å². The molecule has 2 aliphatic rings. The molecule has 0 unspecified atom stereocenters. The van der Waals surface area contributed by atoms with Gasteiger partial charge in [0.15, 0.2) is 11.0 Å². The van der Waals surface area contributed by atoms with Crippen LogP contribution in [0.1, 0.15) is 42.7 Å². The Labute approximate surface area is 205 Å². The number of hydrogen-bond acceptors (Lipinski definition) is 6. The van der Waals surface area contributed by atoms with Crippen LogP contribution in [0.15, 0.2) is 53.7 Å². The standard InChI is InChI=1S/C25H24FN5OS2/c26-19-8-2-1-7-18(19)23-28-29-25(31(23)17-11-12-17)33-15-22(32)30-13-5-6-16(14-30)24-27-20-9-3-4-10-21(20)34-24/h1-4,7-10,16-17H,5-6,11-15H2/t16-/m0/s1. The van der Waals surface area contributed by atoms with E-state index in [1.54, 1.807) is 29.5 Å². The number of halogens is 1. The van der Waals surface area contributed by atoms with Crippen molar-refractivity contribution >= 4 is 39.2 Å². The van der Waals surface area contributed by atoms with Crippen molar-refractivity contribution in [2.24, 2.45) is 0 Å². The predicted octanol–water partition coefficient (Wildman–Crippen LogP) is 5.53. The lowest BCUT2D eigenvalue weighted by molar-refractivity contribution is -0.129. The minimum absolute atomic E-state index is 0.105. The molecule has 0 N–H and O–H groups in total. The second kappa shape index (κ2) is 9.11. The van der Waals surface area contributed by atoms with E-state index in [0.717, 1.165) is 42.8 Å².